The summed E-state index contributed by atoms with van der Waals surface area (Å²) in [5, 5.41) is 25.5. The van der Waals surface area contributed by atoms with E-state index in [9.17, 15) is 14.9 Å². The van der Waals surface area contributed by atoms with E-state index in [4.69, 9.17) is 4.74 Å². The van der Waals surface area contributed by atoms with E-state index in [0.717, 1.165) is 11.4 Å². The van der Waals surface area contributed by atoms with Gasteiger partial charge < -0.3 is 15.4 Å². The van der Waals surface area contributed by atoms with Gasteiger partial charge in [-0.1, -0.05) is 35.2 Å². The van der Waals surface area contributed by atoms with Crippen molar-refractivity contribution >= 4 is 51.2 Å². The minimum atomic E-state index is -0.474. The SMILES string of the molecule is COc1cccc(Nc2nnc(SCC(=O)Nc3ccc(C)c([N+](=O)[O-])c3)s2)c1. The lowest BCUT2D eigenvalue weighted by molar-refractivity contribution is -0.385. The summed E-state index contributed by atoms with van der Waals surface area (Å²) in [4.78, 5) is 22.7. The maximum absolute atomic E-state index is 12.1. The molecule has 0 saturated carbocycles. The van der Waals surface area contributed by atoms with E-state index in [2.05, 4.69) is 20.8 Å². The zero-order valence-corrected chi connectivity index (χ0v) is 17.2. The van der Waals surface area contributed by atoms with E-state index < -0.39 is 4.92 Å². The highest BCUT2D eigenvalue weighted by atomic mass is 32.2. The standard InChI is InChI=1S/C18H17N5O4S2/c1-11-6-7-13(9-15(11)23(25)26)19-16(24)10-28-18-22-21-17(29-18)20-12-4-3-5-14(8-12)27-2/h3-9H,10H2,1-2H3,(H,19,24)(H,20,21). The van der Waals surface area contributed by atoms with Crippen molar-refractivity contribution in [2.45, 2.75) is 11.3 Å². The van der Waals surface area contributed by atoms with Crippen molar-refractivity contribution in [3.8, 4) is 5.75 Å². The Hall–Kier alpha value is -3.18. The number of carbonyl (C=O) groups is 1. The quantitative estimate of drug-likeness (QED) is 0.309. The van der Waals surface area contributed by atoms with Crippen LogP contribution in [0.15, 0.2) is 46.8 Å². The van der Waals surface area contributed by atoms with Crippen LogP contribution < -0.4 is 15.4 Å². The fourth-order valence-corrected chi connectivity index (χ4v) is 3.92. The average Bonchev–Trinajstić information content (AvgIpc) is 3.15. The first-order valence-electron chi connectivity index (χ1n) is 8.37. The number of aryl methyl sites for hydroxylation is 1. The molecule has 0 aliphatic rings. The number of nitrogens with one attached hydrogen (secondary N) is 2. The normalized spacial score (nSPS) is 10.4. The van der Waals surface area contributed by atoms with E-state index >= 15 is 0 Å². The molecular weight excluding hydrogens is 414 g/mol. The molecule has 11 heteroatoms. The molecule has 0 spiro atoms. The van der Waals surface area contributed by atoms with Gasteiger partial charge in [-0.25, -0.2) is 0 Å². The number of rotatable bonds is 8. The Bertz CT molecular complexity index is 1040. The van der Waals surface area contributed by atoms with Gasteiger partial charge in [0, 0.05) is 29.1 Å². The summed E-state index contributed by atoms with van der Waals surface area (Å²) in [6, 6.07) is 12.0. The predicted molar refractivity (Wildman–Crippen MR) is 113 cm³/mol. The molecule has 0 aliphatic carbocycles. The number of nitro benzene ring substituents is 1. The third-order valence-corrected chi connectivity index (χ3v) is 5.72. The molecule has 0 bridgehead atoms. The second-order valence-corrected chi connectivity index (χ2v) is 8.03. The summed E-state index contributed by atoms with van der Waals surface area (Å²) in [7, 11) is 1.60. The van der Waals surface area contributed by atoms with Crippen molar-refractivity contribution in [3.63, 3.8) is 0 Å². The Morgan fingerprint density at radius 3 is 2.83 bits per heavy atom. The molecule has 3 rings (SSSR count). The Balaban J connectivity index is 1.54. The van der Waals surface area contributed by atoms with E-state index in [1.165, 1.54) is 29.2 Å². The van der Waals surface area contributed by atoms with Crippen LogP contribution in [-0.4, -0.2) is 33.9 Å². The number of ether oxygens (including phenoxy) is 1. The number of hydrogen-bond donors (Lipinski definition) is 2. The maximum atomic E-state index is 12.1. The van der Waals surface area contributed by atoms with Crippen LogP contribution in [0.2, 0.25) is 0 Å². The Kier molecular flexibility index (Phi) is 6.62. The molecule has 29 heavy (non-hydrogen) atoms. The summed E-state index contributed by atoms with van der Waals surface area (Å²) < 4.78 is 5.81. The summed E-state index contributed by atoms with van der Waals surface area (Å²) in [5.41, 5.74) is 1.70. The number of methoxy groups -OCH3 is 1. The largest absolute Gasteiger partial charge is 0.497 e. The Morgan fingerprint density at radius 2 is 2.07 bits per heavy atom. The van der Waals surface area contributed by atoms with Crippen molar-refractivity contribution in [2.75, 3.05) is 23.5 Å². The summed E-state index contributed by atoms with van der Waals surface area (Å²) in [6.45, 7) is 1.65. The number of nitro groups is 1. The van der Waals surface area contributed by atoms with E-state index in [1.54, 1.807) is 26.2 Å². The number of thioether (sulfide) groups is 1. The second-order valence-electron chi connectivity index (χ2n) is 5.83. The number of aromatic nitrogens is 2. The number of anilines is 3. The van der Waals surface area contributed by atoms with E-state index in [-0.39, 0.29) is 17.3 Å². The van der Waals surface area contributed by atoms with Gasteiger partial charge in [0.1, 0.15) is 5.75 Å². The van der Waals surface area contributed by atoms with Crippen molar-refractivity contribution < 1.29 is 14.5 Å². The smallest absolute Gasteiger partial charge is 0.274 e. The van der Waals surface area contributed by atoms with Crippen molar-refractivity contribution in [1.82, 2.24) is 10.2 Å². The first-order chi connectivity index (χ1) is 13.9. The van der Waals surface area contributed by atoms with Crippen LogP contribution in [-0.2, 0) is 4.79 Å². The molecule has 1 heterocycles. The molecule has 2 aromatic carbocycles. The van der Waals surface area contributed by atoms with Gasteiger partial charge in [0.15, 0.2) is 4.34 Å². The minimum Gasteiger partial charge on any atom is -0.497 e. The summed E-state index contributed by atoms with van der Waals surface area (Å²) >= 11 is 2.55. The third kappa shape index (κ3) is 5.65. The monoisotopic (exact) mass is 431 g/mol. The number of amides is 1. The highest BCUT2D eigenvalue weighted by Gasteiger charge is 2.13. The molecule has 3 aromatic rings. The van der Waals surface area contributed by atoms with Gasteiger partial charge in [-0.05, 0) is 25.1 Å². The lowest BCUT2D eigenvalue weighted by Gasteiger charge is -2.05. The number of carbonyl (C=O) groups excluding carboxylic acids is 1. The molecule has 0 fully saturated rings. The molecular formula is C18H17N5O4S2. The Labute approximate surface area is 174 Å². The van der Waals surface area contributed by atoms with Gasteiger partial charge in [0.2, 0.25) is 11.0 Å². The zero-order chi connectivity index (χ0) is 20.8. The number of nitrogens with zero attached hydrogens (tertiary/aromatic N) is 3. The Morgan fingerprint density at radius 1 is 1.24 bits per heavy atom. The molecule has 0 saturated heterocycles. The fraction of sp³-hybridized carbons (Fsp3) is 0.167. The maximum Gasteiger partial charge on any atom is 0.274 e. The number of hydrogen-bond acceptors (Lipinski definition) is 9. The molecule has 0 aliphatic heterocycles. The van der Waals surface area contributed by atoms with Crippen LogP contribution in [0.25, 0.3) is 0 Å². The average molecular weight is 431 g/mol. The molecule has 0 unspecified atom stereocenters. The third-order valence-electron chi connectivity index (χ3n) is 3.74. The zero-order valence-electron chi connectivity index (χ0n) is 15.5. The second kappa shape index (κ2) is 9.34. The van der Waals surface area contributed by atoms with Crippen LogP contribution in [0.4, 0.5) is 22.2 Å². The molecule has 150 valence electrons. The van der Waals surface area contributed by atoms with Crippen molar-refractivity contribution in [2.24, 2.45) is 0 Å². The highest BCUT2D eigenvalue weighted by Crippen LogP contribution is 2.29. The van der Waals surface area contributed by atoms with Gasteiger partial charge >= 0.3 is 0 Å². The topological polar surface area (TPSA) is 119 Å². The molecule has 2 N–H and O–H groups in total. The molecule has 1 aromatic heterocycles. The van der Waals surface area contributed by atoms with Gasteiger partial charge in [-0.2, -0.15) is 0 Å². The predicted octanol–water partition coefficient (Wildman–Crippen LogP) is 4.24. The highest BCUT2D eigenvalue weighted by molar-refractivity contribution is 8.01. The summed E-state index contributed by atoms with van der Waals surface area (Å²) in [5.74, 6) is 0.544. The van der Waals surface area contributed by atoms with E-state index in [0.29, 0.717) is 20.7 Å². The van der Waals surface area contributed by atoms with Crippen molar-refractivity contribution in [1.29, 1.82) is 0 Å². The van der Waals surface area contributed by atoms with Crippen LogP contribution in [0.3, 0.4) is 0 Å². The van der Waals surface area contributed by atoms with Crippen LogP contribution in [0.5, 0.6) is 5.75 Å². The van der Waals surface area contributed by atoms with Gasteiger partial charge in [0.25, 0.3) is 5.69 Å². The molecule has 9 nitrogen and oxygen atoms in total. The first kappa shape index (κ1) is 20.6. The van der Waals surface area contributed by atoms with E-state index in [1.807, 2.05) is 24.3 Å². The molecule has 1 amide bonds. The number of benzene rings is 2. The molecule has 0 atom stereocenters. The van der Waals surface area contributed by atoms with Gasteiger partial charge in [-0.3, -0.25) is 14.9 Å². The first-order valence-corrected chi connectivity index (χ1v) is 10.2. The van der Waals surface area contributed by atoms with Crippen LogP contribution >= 0.6 is 23.1 Å². The van der Waals surface area contributed by atoms with Crippen LogP contribution in [0, 0.1) is 17.0 Å². The lowest BCUT2D eigenvalue weighted by Crippen LogP contribution is -2.14. The lowest BCUT2D eigenvalue weighted by atomic mass is 10.2. The minimum absolute atomic E-state index is 0.0344. The van der Waals surface area contributed by atoms with Gasteiger partial charge in [0.05, 0.1) is 17.8 Å². The summed E-state index contributed by atoms with van der Waals surface area (Å²) in [6.07, 6.45) is 0. The van der Waals surface area contributed by atoms with Crippen molar-refractivity contribution in [3.05, 3.63) is 58.1 Å². The van der Waals surface area contributed by atoms with Crippen LogP contribution in [0.1, 0.15) is 5.56 Å². The molecule has 0 radical (unpaired) electrons. The van der Waals surface area contributed by atoms with Gasteiger partial charge in [-0.15, -0.1) is 10.2 Å². The fourth-order valence-electron chi connectivity index (χ4n) is 2.35.